The van der Waals surface area contributed by atoms with Crippen molar-refractivity contribution < 1.29 is 8.78 Å². The maximum Gasteiger partial charge on any atom is 0.161 e. The normalized spacial score (nSPS) is 20.5. The molecule has 0 aliphatic carbocycles. The van der Waals surface area contributed by atoms with Crippen LogP contribution in [-0.2, 0) is 0 Å². The van der Waals surface area contributed by atoms with Gasteiger partial charge >= 0.3 is 0 Å². The topological polar surface area (TPSA) is 50.1 Å². The number of rotatable bonds is 3. The maximum atomic E-state index is 13.7. The van der Waals surface area contributed by atoms with Gasteiger partial charge in [-0.25, -0.2) is 18.4 Å². The molecule has 2 aromatic carbocycles. The largest absolute Gasteiger partial charge is 0.369 e. The van der Waals surface area contributed by atoms with E-state index in [1.165, 1.54) is 17.7 Å². The Kier molecular flexibility index (Phi) is 4.74. The van der Waals surface area contributed by atoms with Crippen molar-refractivity contribution in [3.05, 3.63) is 72.2 Å². The fourth-order valence-corrected chi connectivity index (χ4v) is 5.31. The second kappa shape index (κ2) is 7.79. The Morgan fingerprint density at radius 1 is 0.879 bits per heavy atom. The lowest BCUT2D eigenvalue weighted by atomic mass is 9.84. The van der Waals surface area contributed by atoms with Gasteiger partial charge in [-0.15, -0.1) is 0 Å². The SMILES string of the molecule is Cc1ccc(-n2cccn2)c(N2CC3CC(CN(c4cnc5cc(F)c(F)cc5n4)C3)C2)c1. The van der Waals surface area contributed by atoms with Crippen LogP contribution in [0.3, 0.4) is 0 Å². The van der Waals surface area contributed by atoms with E-state index < -0.39 is 11.6 Å². The third kappa shape index (κ3) is 3.69. The zero-order valence-electron chi connectivity index (χ0n) is 18.3. The van der Waals surface area contributed by atoms with Crippen molar-refractivity contribution in [3.63, 3.8) is 0 Å². The summed E-state index contributed by atoms with van der Waals surface area (Å²) < 4.78 is 29.2. The molecule has 6 nitrogen and oxygen atoms in total. The number of piperidine rings is 2. The summed E-state index contributed by atoms with van der Waals surface area (Å²) in [7, 11) is 0. The lowest BCUT2D eigenvalue weighted by Crippen LogP contribution is -2.53. The minimum Gasteiger partial charge on any atom is -0.369 e. The Balaban J connectivity index is 1.26. The van der Waals surface area contributed by atoms with E-state index in [0.29, 0.717) is 22.9 Å². The molecule has 4 heterocycles. The number of anilines is 2. The van der Waals surface area contributed by atoms with E-state index in [4.69, 9.17) is 0 Å². The smallest absolute Gasteiger partial charge is 0.161 e. The molecular weight excluding hydrogens is 422 g/mol. The predicted molar refractivity (Wildman–Crippen MR) is 124 cm³/mol. The quantitative estimate of drug-likeness (QED) is 0.468. The first-order valence-electron chi connectivity index (χ1n) is 11.3. The molecule has 8 heteroatoms. The molecule has 0 saturated carbocycles. The van der Waals surface area contributed by atoms with Crippen LogP contribution in [0.1, 0.15) is 12.0 Å². The molecule has 2 aromatic heterocycles. The molecule has 0 amide bonds. The first-order valence-corrected chi connectivity index (χ1v) is 11.3. The Morgan fingerprint density at radius 2 is 1.61 bits per heavy atom. The average molecular weight is 447 g/mol. The van der Waals surface area contributed by atoms with Crippen molar-refractivity contribution in [1.82, 2.24) is 19.7 Å². The lowest BCUT2D eigenvalue weighted by Gasteiger charge is -2.47. The zero-order valence-corrected chi connectivity index (χ0v) is 18.3. The minimum absolute atomic E-state index is 0.367. The minimum atomic E-state index is -0.900. The van der Waals surface area contributed by atoms with E-state index in [-0.39, 0.29) is 0 Å². The summed E-state index contributed by atoms with van der Waals surface area (Å²) in [4.78, 5) is 13.7. The van der Waals surface area contributed by atoms with Gasteiger partial charge in [-0.1, -0.05) is 6.07 Å². The van der Waals surface area contributed by atoms with Gasteiger partial charge in [0.25, 0.3) is 0 Å². The summed E-state index contributed by atoms with van der Waals surface area (Å²) in [5.41, 5.74) is 4.29. The van der Waals surface area contributed by atoms with Gasteiger partial charge < -0.3 is 9.80 Å². The van der Waals surface area contributed by atoms with E-state index in [2.05, 4.69) is 50.0 Å². The highest BCUT2D eigenvalue weighted by molar-refractivity contribution is 5.75. The summed E-state index contributed by atoms with van der Waals surface area (Å²) in [5, 5.41) is 4.45. The van der Waals surface area contributed by atoms with Crippen molar-refractivity contribution in [2.24, 2.45) is 11.8 Å². The Morgan fingerprint density at radius 3 is 2.33 bits per heavy atom. The number of benzene rings is 2. The zero-order chi connectivity index (χ0) is 22.5. The van der Waals surface area contributed by atoms with Crippen LogP contribution in [0.2, 0.25) is 0 Å². The van der Waals surface area contributed by atoms with Gasteiger partial charge in [-0.05, 0) is 48.9 Å². The number of nitrogens with zero attached hydrogens (tertiary/aromatic N) is 6. The van der Waals surface area contributed by atoms with Crippen LogP contribution in [0.4, 0.5) is 20.3 Å². The second-order valence-corrected chi connectivity index (χ2v) is 9.20. The number of aryl methyl sites for hydroxylation is 1. The van der Waals surface area contributed by atoms with E-state index in [0.717, 1.165) is 49.8 Å². The average Bonchev–Trinajstić information content (AvgIpc) is 3.33. The molecule has 33 heavy (non-hydrogen) atoms. The molecular formula is C25H24F2N6. The third-order valence-electron chi connectivity index (χ3n) is 6.70. The van der Waals surface area contributed by atoms with Crippen LogP contribution in [0, 0.1) is 30.4 Å². The summed E-state index contributed by atoms with van der Waals surface area (Å²) in [6, 6.07) is 10.7. The number of aromatic nitrogens is 4. The number of fused-ring (bicyclic) bond motifs is 3. The first-order chi connectivity index (χ1) is 16.0. The highest BCUT2D eigenvalue weighted by Crippen LogP contribution is 2.36. The lowest BCUT2D eigenvalue weighted by molar-refractivity contribution is 0.275. The summed E-state index contributed by atoms with van der Waals surface area (Å²) in [5.74, 6) is -0.115. The summed E-state index contributed by atoms with van der Waals surface area (Å²) in [6.07, 6.45) is 6.64. The van der Waals surface area contributed by atoms with Crippen LogP contribution in [0.25, 0.3) is 16.7 Å². The summed E-state index contributed by atoms with van der Waals surface area (Å²) >= 11 is 0. The van der Waals surface area contributed by atoms with Gasteiger partial charge in [0.1, 0.15) is 5.82 Å². The molecule has 2 bridgehead atoms. The predicted octanol–water partition coefficient (Wildman–Crippen LogP) is 4.36. The summed E-state index contributed by atoms with van der Waals surface area (Å²) in [6.45, 7) is 5.74. The Hall–Kier alpha value is -3.55. The monoisotopic (exact) mass is 446 g/mol. The Labute approximate surface area is 190 Å². The van der Waals surface area contributed by atoms with Gasteiger partial charge in [0.15, 0.2) is 11.6 Å². The van der Waals surface area contributed by atoms with Gasteiger partial charge in [0, 0.05) is 50.7 Å². The molecule has 2 fully saturated rings. The highest BCUT2D eigenvalue weighted by Gasteiger charge is 2.35. The number of hydrogen-bond acceptors (Lipinski definition) is 5. The van der Waals surface area contributed by atoms with Crippen LogP contribution in [-0.4, -0.2) is 45.9 Å². The third-order valence-corrected chi connectivity index (χ3v) is 6.70. The fourth-order valence-electron chi connectivity index (χ4n) is 5.31. The van der Waals surface area contributed by atoms with E-state index in [1.54, 1.807) is 12.4 Å². The van der Waals surface area contributed by atoms with Crippen molar-refractivity contribution >= 4 is 22.5 Å². The standard InChI is InChI=1S/C25H24F2N6/c1-16-3-4-23(33-6-2-5-29-33)24(7-16)31-12-17-8-18(13-31)15-32(14-17)25-11-28-21-9-19(26)20(27)10-22(21)30-25/h2-7,9-11,17-18H,8,12-15H2,1H3. The molecule has 2 unspecified atom stereocenters. The van der Waals surface area contributed by atoms with Crippen molar-refractivity contribution in [1.29, 1.82) is 0 Å². The molecule has 2 atom stereocenters. The second-order valence-electron chi connectivity index (χ2n) is 9.20. The molecule has 0 spiro atoms. The van der Waals surface area contributed by atoms with E-state index in [1.807, 2.05) is 16.9 Å². The molecule has 0 radical (unpaired) electrons. The Bertz CT molecular complexity index is 1310. The molecule has 2 aliphatic heterocycles. The van der Waals surface area contributed by atoms with Crippen molar-refractivity contribution in [2.75, 3.05) is 36.0 Å². The van der Waals surface area contributed by atoms with Crippen molar-refractivity contribution in [2.45, 2.75) is 13.3 Å². The van der Waals surface area contributed by atoms with Crippen LogP contribution >= 0.6 is 0 Å². The maximum absolute atomic E-state index is 13.7. The molecule has 0 N–H and O–H groups in total. The van der Waals surface area contributed by atoms with E-state index in [9.17, 15) is 8.78 Å². The molecule has 168 valence electrons. The van der Waals surface area contributed by atoms with Gasteiger partial charge in [0.2, 0.25) is 0 Å². The fraction of sp³-hybridized carbons (Fsp3) is 0.320. The molecule has 6 rings (SSSR count). The molecule has 4 aromatic rings. The highest BCUT2D eigenvalue weighted by atomic mass is 19.2. The van der Waals surface area contributed by atoms with Gasteiger partial charge in [0.05, 0.1) is 28.6 Å². The first kappa shape index (κ1) is 20.1. The molecule has 2 aliphatic rings. The number of hydrogen-bond donors (Lipinski definition) is 0. The molecule has 2 saturated heterocycles. The van der Waals surface area contributed by atoms with E-state index >= 15 is 0 Å². The van der Waals surface area contributed by atoms with Gasteiger partial charge in [-0.2, -0.15) is 5.10 Å². The van der Waals surface area contributed by atoms with Crippen LogP contribution in [0.15, 0.2) is 55.0 Å². The van der Waals surface area contributed by atoms with Crippen LogP contribution < -0.4 is 9.80 Å². The van der Waals surface area contributed by atoms with Crippen LogP contribution in [0.5, 0.6) is 0 Å². The number of halogens is 2. The van der Waals surface area contributed by atoms with Gasteiger partial charge in [-0.3, -0.25) is 4.98 Å². The van der Waals surface area contributed by atoms with Crippen molar-refractivity contribution in [3.8, 4) is 5.69 Å².